The smallest absolute Gasteiger partial charge is 0.245 e. The fourth-order valence-electron chi connectivity index (χ4n) is 2.42. The van der Waals surface area contributed by atoms with E-state index in [1.807, 2.05) is 6.92 Å². The fourth-order valence-corrected chi connectivity index (χ4v) is 3.64. The Morgan fingerprint density at radius 2 is 2.11 bits per heavy atom. The van der Waals surface area contributed by atoms with E-state index in [0.717, 1.165) is 6.42 Å². The third-order valence-corrected chi connectivity index (χ3v) is 6.07. The molecule has 0 aliphatic carbocycles. The van der Waals surface area contributed by atoms with Crippen molar-refractivity contribution in [3.63, 3.8) is 0 Å². The summed E-state index contributed by atoms with van der Waals surface area (Å²) in [6, 6.07) is 4.52. The summed E-state index contributed by atoms with van der Waals surface area (Å²) in [7, 11) is -3.69. The number of nitrogens with zero attached hydrogens (tertiary/aromatic N) is 6. The van der Waals surface area contributed by atoms with E-state index in [0.29, 0.717) is 17.7 Å². The van der Waals surface area contributed by atoms with Gasteiger partial charge in [-0.3, -0.25) is 0 Å². The first kappa shape index (κ1) is 19.1. The van der Waals surface area contributed by atoms with E-state index in [1.165, 1.54) is 17.7 Å². The fraction of sp³-hybridized carbons (Fsp3) is 0.438. The number of aryl methyl sites for hydroxylation is 2. The Morgan fingerprint density at radius 3 is 2.81 bits per heavy atom. The largest absolute Gasteiger partial charge is 0.338 e. The van der Waals surface area contributed by atoms with Gasteiger partial charge in [-0.2, -0.15) is 4.98 Å². The molecule has 0 bridgehead atoms. The minimum Gasteiger partial charge on any atom is -0.338 e. The topological polar surface area (TPSA) is 117 Å². The lowest BCUT2D eigenvalue weighted by Gasteiger charge is -2.08. The van der Waals surface area contributed by atoms with Gasteiger partial charge in [0.1, 0.15) is 16.8 Å². The van der Waals surface area contributed by atoms with Gasteiger partial charge in [0.05, 0.1) is 0 Å². The molecular weight excluding hydrogens is 375 g/mol. The molecule has 1 unspecified atom stereocenters. The van der Waals surface area contributed by atoms with Crippen molar-refractivity contribution in [2.75, 3.05) is 0 Å². The van der Waals surface area contributed by atoms with Crippen LogP contribution in [0.3, 0.4) is 0 Å². The lowest BCUT2D eigenvalue weighted by atomic mass is 10.1. The van der Waals surface area contributed by atoms with Gasteiger partial charge in [0.2, 0.25) is 11.7 Å². The van der Waals surface area contributed by atoms with Crippen molar-refractivity contribution in [1.82, 2.24) is 30.3 Å². The molecule has 3 aromatic rings. The van der Waals surface area contributed by atoms with Crippen molar-refractivity contribution >= 4 is 9.84 Å². The van der Waals surface area contributed by atoms with Crippen LogP contribution >= 0.6 is 0 Å². The highest BCUT2D eigenvalue weighted by molar-refractivity contribution is 7.90. The monoisotopic (exact) mass is 394 g/mol. The standard InChI is InChI=1S/C16H19FN6O3S/c1-4-7-23-14(19-21-22-23)9-27(24,25)11(3)16-18-15(20-26-16)12-6-5-10(2)13(17)8-12/h5-6,8,11H,4,7,9H2,1-3H3. The van der Waals surface area contributed by atoms with Crippen LogP contribution in [0, 0.1) is 12.7 Å². The van der Waals surface area contributed by atoms with E-state index in [4.69, 9.17) is 4.52 Å². The number of benzene rings is 1. The third kappa shape index (κ3) is 4.02. The van der Waals surface area contributed by atoms with Gasteiger partial charge in [0, 0.05) is 12.1 Å². The molecule has 11 heteroatoms. The predicted octanol–water partition coefficient (Wildman–Crippen LogP) is 2.26. The zero-order valence-corrected chi connectivity index (χ0v) is 15.9. The number of hydrogen-bond acceptors (Lipinski definition) is 8. The number of sulfone groups is 1. The van der Waals surface area contributed by atoms with Gasteiger partial charge in [-0.05, 0) is 42.3 Å². The van der Waals surface area contributed by atoms with Gasteiger partial charge in [-0.1, -0.05) is 24.2 Å². The zero-order chi connectivity index (χ0) is 19.6. The van der Waals surface area contributed by atoms with Crippen LogP contribution in [-0.2, 0) is 22.1 Å². The van der Waals surface area contributed by atoms with E-state index in [1.54, 1.807) is 19.1 Å². The van der Waals surface area contributed by atoms with Crippen LogP contribution in [0.1, 0.15) is 42.8 Å². The molecule has 27 heavy (non-hydrogen) atoms. The quantitative estimate of drug-likeness (QED) is 0.599. The molecule has 0 fully saturated rings. The summed E-state index contributed by atoms with van der Waals surface area (Å²) >= 11 is 0. The highest BCUT2D eigenvalue weighted by Gasteiger charge is 2.30. The Labute approximate surface area is 155 Å². The van der Waals surface area contributed by atoms with Crippen LogP contribution in [0.2, 0.25) is 0 Å². The first-order valence-electron chi connectivity index (χ1n) is 8.38. The Kier molecular flexibility index (Phi) is 5.31. The Morgan fingerprint density at radius 1 is 1.33 bits per heavy atom. The summed E-state index contributed by atoms with van der Waals surface area (Å²) < 4.78 is 45.7. The number of hydrogen-bond donors (Lipinski definition) is 0. The second-order valence-electron chi connectivity index (χ2n) is 6.19. The molecule has 2 aromatic heterocycles. The molecule has 1 atom stereocenters. The van der Waals surface area contributed by atoms with Gasteiger partial charge in [0.15, 0.2) is 15.7 Å². The minimum atomic E-state index is -3.69. The van der Waals surface area contributed by atoms with Crippen LogP contribution in [-0.4, -0.2) is 38.8 Å². The summed E-state index contributed by atoms with van der Waals surface area (Å²) in [4.78, 5) is 4.12. The second-order valence-corrected chi connectivity index (χ2v) is 8.51. The van der Waals surface area contributed by atoms with E-state index >= 15 is 0 Å². The van der Waals surface area contributed by atoms with Gasteiger partial charge in [-0.15, -0.1) is 5.10 Å². The highest BCUT2D eigenvalue weighted by Crippen LogP contribution is 2.26. The molecule has 0 spiro atoms. The summed E-state index contributed by atoms with van der Waals surface area (Å²) in [5.41, 5.74) is 0.896. The van der Waals surface area contributed by atoms with Crippen molar-refractivity contribution < 1.29 is 17.3 Å². The zero-order valence-electron chi connectivity index (χ0n) is 15.1. The van der Waals surface area contributed by atoms with E-state index in [9.17, 15) is 12.8 Å². The lowest BCUT2D eigenvalue weighted by molar-refractivity contribution is 0.376. The molecule has 2 heterocycles. The number of tetrazole rings is 1. The molecule has 1 aromatic carbocycles. The Balaban J connectivity index is 1.82. The van der Waals surface area contributed by atoms with Crippen LogP contribution in [0.15, 0.2) is 22.7 Å². The van der Waals surface area contributed by atoms with Crippen molar-refractivity contribution in [2.24, 2.45) is 0 Å². The third-order valence-electron chi connectivity index (χ3n) is 4.13. The van der Waals surface area contributed by atoms with Gasteiger partial charge in [0.25, 0.3) is 0 Å². The maximum absolute atomic E-state index is 13.7. The Bertz CT molecular complexity index is 1050. The molecule has 0 saturated carbocycles. The average molecular weight is 394 g/mol. The molecule has 0 amide bonds. The highest BCUT2D eigenvalue weighted by atomic mass is 32.2. The summed E-state index contributed by atoms with van der Waals surface area (Å²) in [6.45, 7) is 5.56. The minimum absolute atomic E-state index is 0.0690. The molecule has 0 radical (unpaired) electrons. The molecule has 0 aliphatic rings. The first-order chi connectivity index (χ1) is 12.8. The number of aromatic nitrogens is 6. The molecular formula is C16H19FN6O3S. The number of rotatable bonds is 7. The first-order valence-corrected chi connectivity index (χ1v) is 10.1. The van der Waals surface area contributed by atoms with Gasteiger partial charge >= 0.3 is 0 Å². The van der Waals surface area contributed by atoms with Crippen molar-refractivity contribution in [2.45, 2.75) is 44.7 Å². The Hall–Kier alpha value is -2.69. The van der Waals surface area contributed by atoms with Crippen LogP contribution in [0.4, 0.5) is 4.39 Å². The molecule has 3 rings (SSSR count). The van der Waals surface area contributed by atoms with E-state index < -0.39 is 20.9 Å². The van der Waals surface area contributed by atoms with Crippen LogP contribution in [0.25, 0.3) is 11.4 Å². The van der Waals surface area contributed by atoms with Crippen LogP contribution in [0.5, 0.6) is 0 Å². The van der Waals surface area contributed by atoms with Gasteiger partial charge in [-0.25, -0.2) is 17.5 Å². The van der Waals surface area contributed by atoms with E-state index in [-0.39, 0.29) is 23.3 Å². The van der Waals surface area contributed by atoms with Crippen LogP contribution < -0.4 is 0 Å². The van der Waals surface area contributed by atoms with Gasteiger partial charge < -0.3 is 4.52 Å². The second kappa shape index (κ2) is 7.51. The summed E-state index contributed by atoms with van der Waals surface area (Å²) in [6.07, 6.45) is 0.772. The maximum atomic E-state index is 13.7. The van der Waals surface area contributed by atoms with Crippen molar-refractivity contribution in [3.8, 4) is 11.4 Å². The summed E-state index contributed by atoms with van der Waals surface area (Å²) in [5.74, 6) is -0.438. The maximum Gasteiger partial charge on any atom is 0.245 e. The average Bonchev–Trinajstić information content (AvgIpc) is 3.27. The SMILES string of the molecule is CCCn1nnnc1CS(=O)(=O)C(C)c1nc(-c2ccc(C)c(F)c2)no1. The molecule has 0 aliphatic heterocycles. The molecule has 9 nitrogen and oxygen atoms in total. The summed E-state index contributed by atoms with van der Waals surface area (Å²) in [5, 5.41) is 13.8. The van der Waals surface area contributed by atoms with Crippen molar-refractivity contribution in [3.05, 3.63) is 41.3 Å². The number of halogens is 1. The molecule has 0 saturated heterocycles. The normalized spacial score (nSPS) is 13.0. The molecule has 0 N–H and O–H groups in total. The predicted molar refractivity (Wildman–Crippen MR) is 93.6 cm³/mol. The van der Waals surface area contributed by atoms with Crippen molar-refractivity contribution in [1.29, 1.82) is 0 Å². The molecule has 144 valence electrons. The van der Waals surface area contributed by atoms with E-state index in [2.05, 4.69) is 25.7 Å². The lowest BCUT2D eigenvalue weighted by Crippen LogP contribution is -2.17.